The van der Waals surface area contributed by atoms with Gasteiger partial charge in [0.1, 0.15) is 17.2 Å². The molecule has 1 aromatic rings. The van der Waals surface area contributed by atoms with Crippen LogP contribution >= 0.6 is 11.8 Å². The molecule has 0 bridgehead atoms. The van der Waals surface area contributed by atoms with Crippen molar-refractivity contribution in [1.82, 2.24) is 20.2 Å². The Morgan fingerprint density at radius 1 is 1.31 bits per heavy atom. The van der Waals surface area contributed by atoms with Gasteiger partial charge in [0, 0.05) is 38.0 Å². The molecule has 3 N–H and O–H groups in total. The zero-order valence-corrected chi connectivity index (χ0v) is 16.6. The van der Waals surface area contributed by atoms with Gasteiger partial charge in [-0.05, 0) is 32.7 Å². The number of likely N-dealkylation sites (N-methyl/N-ethyl adjacent to an activating group) is 1. The number of thioether (sulfide) groups is 1. The molecule has 8 heteroatoms. The lowest BCUT2D eigenvalue weighted by Crippen LogP contribution is -2.61. The van der Waals surface area contributed by atoms with Gasteiger partial charge in [-0.1, -0.05) is 25.1 Å². The van der Waals surface area contributed by atoms with Crippen molar-refractivity contribution in [3.05, 3.63) is 6.07 Å². The number of nitrogens with one attached hydrogen (secondary N) is 1. The van der Waals surface area contributed by atoms with Crippen molar-refractivity contribution >= 4 is 29.3 Å². The lowest BCUT2D eigenvalue weighted by Gasteiger charge is -2.45. The van der Waals surface area contributed by atoms with Crippen molar-refractivity contribution in [2.75, 3.05) is 49.6 Å². The van der Waals surface area contributed by atoms with E-state index in [4.69, 9.17) is 10.7 Å². The summed E-state index contributed by atoms with van der Waals surface area (Å²) in [6, 6.07) is 1.85. The van der Waals surface area contributed by atoms with Crippen LogP contribution < -0.4 is 16.0 Å². The molecule has 0 saturated carbocycles. The van der Waals surface area contributed by atoms with Crippen molar-refractivity contribution in [2.45, 2.75) is 49.7 Å². The van der Waals surface area contributed by atoms with E-state index in [0.717, 1.165) is 75.0 Å². The molecule has 1 amide bonds. The molecule has 144 valence electrons. The topological polar surface area (TPSA) is 87.4 Å². The Hall–Kier alpha value is -1.54. The van der Waals surface area contributed by atoms with E-state index in [1.165, 1.54) is 0 Å². The van der Waals surface area contributed by atoms with Gasteiger partial charge in [0.05, 0.1) is 0 Å². The number of carbonyl (C=O) groups is 1. The lowest BCUT2D eigenvalue weighted by molar-refractivity contribution is -0.133. The van der Waals surface area contributed by atoms with E-state index >= 15 is 0 Å². The third-order valence-electron chi connectivity index (χ3n) is 5.46. The van der Waals surface area contributed by atoms with Gasteiger partial charge in [-0.25, -0.2) is 9.97 Å². The van der Waals surface area contributed by atoms with Crippen LogP contribution in [0.15, 0.2) is 11.2 Å². The normalized spacial score (nSPS) is 20.8. The van der Waals surface area contributed by atoms with E-state index in [0.29, 0.717) is 5.82 Å². The summed E-state index contributed by atoms with van der Waals surface area (Å²) in [6.45, 7) is 5.50. The van der Waals surface area contributed by atoms with Crippen LogP contribution in [0.1, 0.15) is 39.0 Å². The van der Waals surface area contributed by atoms with E-state index < -0.39 is 0 Å². The minimum atomic E-state index is -0.385. The molecular weight excluding hydrogens is 348 g/mol. The molecule has 2 aliphatic rings. The molecule has 7 nitrogen and oxygen atoms in total. The van der Waals surface area contributed by atoms with Gasteiger partial charge in [-0.2, -0.15) is 0 Å². The highest BCUT2D eigenvalue weighted by Crippen LogP contribution is 2.32. The molecule has 0 radical (unpaired) electrons. The average Bonchev–Trinajstić information content (AvgIpc) is 2.76. The minimum Gasteiger partial charge on any atom is -0.383 e. The number of nitrogens with zero attached hydrogens (tertiary/aromatic N) is 4. The number of nitrogens with two attached hydrogens (primary N) is 1. The Labute approximate surface area is 160 Å². The molecule has 2 fully saturated rings. The highest BCUT2D eigenvalue weighted by atomic mass is 32.2. The molecule has 1 aromatic heterocycles. The third-order valence-corrected chi connectivity index (χ3v) is 6.40. The second kappa shape index (κ2) is 8.43. The molecule has 0 aromatic carbocycles. The molecule has 3 rings (SSSR count). The average molecular weight is 379 g/mol. The van der Waals surface area contributed by atoms with Crippen molar-refractivity contribution < 1.29 is 4.79 Å². The first kappa shape index (κ1) is 19.2. The SMILES string of the molecule is CCCCSc1nc(N)cc(N2CCC3(CC2)C(=O)NCCCN3C)n1. The summed E-state index contributed by atoms with van der Waals surface area (Å²) in [5.74, 6) is 2.57. The number of piperidine rings is 1. The van der Waals surface area contributed by atoms with Gasteiger partial charge in [-0.3, -0.25) is 9.69 Å². The number of hydrogen-bond acceptors (Lipinski definition) is 7. The number of hydrogen-bond donors (Lipinski definition) is 2. The van der Waals surface area contributed by atoms with Gasteiger partial charge < -0.3 is 16.0 Å². The van der Waals surface area contributed by atoms with E-state index in [1.54, 1.807) is 11.8 Å². The molecule has 0 atom stereocenters. The fraction of sp³-hybridized carbons (Fsp3) is 0.722. The summed E-state index contributed by atoms with van der Waals surface area (Å²) in [7, 11) is 2.08. The molecule has 2 aliphatic heterocycles. The Kier molecular flexibility index (Phi) is 6.24. The van der Waals surface area contributed by atoms with E-state index in [9.17, 15) is 4.79 Å². The van der Waals surface area contributed by atoms with Gasteiger partial charge in [0.25, 0.3) is 0 Å². The fourth-order valence-corrected chi connectivity index (χ4v) is 4.69. The van der Waals surface area contributed by atoms with Crippen molar-refractivity contribution in [3.8, 4) is 0 Å². The quantitative estimate of drug-likeness (QED) is 0.458. The summed E-state index contributed by atoms with van der Waals surface area (Å²) in [5, 5.41) is 3.84. The molecular formula is C18H30N6OS. The second-order valence-corrected chi connectivity index (χ2v) is 8.25. The molecule has 2 saturated heterocycles. The number of rotatable bonds is 5. The summed E-state index contributed by atoms with van der Waals surface area (Å²) in [6.07, 6.45) is 4.92. The Morgan fingerprint density at radius 3 is 2.81 bits per heavy atom. The van der Waals surface area contributed by atoms with E-state index in [1.807, 2.05) is 6.07 Å². The fourth-order valence-electron chi connectivity index (χ4n) is 3.75. The maximum Gasteiger partial charge on any atom is 0.240 e. The Bertz CT molecular complexity index is 632. The standard InChI is InChI=1S/C18H30N6OS/c1-3-4-12-26-17-21-14(19)13-15(22-17)24-10-6-18(7-11-24)16(25)20-8-5-9-23(18)2/h13H,3-12H2,1-2H3,(H,20,25)(H2,19,21,22). The van der Waals surface area contributed by atoms with Crippen molar-refractivity contribution in [1.29, 1.82) is 0 Å². The van der Waals surface area contributed by atoms with Crippen LogP contribution in [-0.2, 0) is 4.79 Å². The van der Waals surface area contributed by atoms with Crippen molar-refractivity contribution in [3.63, 3.8) is 0 Å². The van der Waals surface area contributed by atoms with Gasteiger partial charge in [0.2, 0.25) is 5.91 Å². The van der Waals surface area contributed by atoms with Gasteiger partial charge in [0.15, 0.2) is 5.16 Å². The number of unbranched alkanes of at least 4 members (excludes halogenated alkanes) is 1. The van der Waals surface area contributed by atoms with Crippen LogP contribution in [0.3, 0.4) is 0 Å². The predicted octanol–water partition coefficient (Wildman–Crippen LogP) is 1.74. The number of aromatic nitrogens is 2. The molecule has 26 heavy (non-hydrogen) atoms. The highest BCUT2D eigenvalue weighted by molar-refractivity contribution is 7.99. The van der Waals surface area contributed by atoms with Gasteiger partial charge in [-0.15, -0.1) is 0 Å². The molecule has 0 aliphatic carbocycles. The van der Waals surface area contributed by atoms with E-state index in [-0.39, 0.29) is 11.4 Å². The van der Waals surface area contributed by atoms with Crippen LogP contribution in [0.5, 0.6) is 0 Å². The number of carbonyl (C=O) groups excluding carboxylic acids is 1. The zero-order valence-electron chi connectivity index (χ0n) is 15.8. The zero-order chi connectivity index (χ0) is 18.6. The lowest BCUT2D eigenvalue weighted by atomic mass is 9.85. The first-order valence-electron chi connectivity index (χ1n) is 9.57. The molecule has 3 heterocycles. The number of nitrogen functional groups attached to an aromatic ring is 1. The van der Waals surface area contributed by atoms with Crippen LogP contribution in [0.25, 0.3) is 0 Å². The number of amides is 1. The van der Waals surface area contributed by atoms with E-state index in [2.05, 4.69) is 34.1 Å². The maximum absolute atomic E-state index is 12.7. The van der Waals surface area contributed by atoms with Gasteiger partial charge >= 0.3 is 0 Å². The monoisotopic (exact) mass is 378 g/mol. The first-order valence-corrected chi connectivity index (χ1v) is 10.6. The van der Waals surface area contributed by atoms with Crippen molar-refractivity contribution in [2.24, 2.45) is 0 Å². The highest BCUT2D eigenvalue weighted by Gasteiger charge is 2.45. The summed E-state index contributed by atoms with van der Waals surface area (Å²) in [4.78, 5) is 26.2. The largest absolute Gasteiger partial charge is 0.383 e. The summed E-state index contributed by atoms with van der Waals surface area (Å²) >= 11 is 1.66. The first-order chi connectivity index (χ1) is 12.5. The summed E-state index contributed by atoms with van der Waals surface area (Å²) in [5.41, 5.74) is 5.62. The van der Waals surface area contributed by atoms with Crippen LogP contribution in [0.4, 0.5) is 11.6 Å². The van der Waals surface area contributed by atoms with Crippen LogP contribution in [-0.4, -0.2) is 65.3 Å². The number of anilines is 2. The minimum absolute atomic E-state index is 0.176. The molecule has 0 unspecified atom stereocenters. The maximum atomic E-state index is 12.7. The smallest absolute Gasteiger partial charge is 0.240 e. The molecule has 1 spiro atoms. The third kappa shape index (κ3) is 4.06. The second-order valence-electron chi connectivity index (χ2n) is 7.19. The summed E-state index contributed by atoms with van der Waals surface area (Å²) < 4.78 is 0. The predicted molar refractivity (Wildman–Crippen MR) is 107 cm³/mol. The Balaban J connectivity index is 1.70. The Morgan fingerprint density at radius 2 is 2.08 bits per heavy atom. The van der Waals surface area contributed by atoms with Crippen LogP contribution in [0, 0.1) is 0 Å². The van der Waals surface area contributed by atoms with Crippen LogP contribution in [0.2, 0.25) is 0 Å².